The zero-order chi connectivity index (χ0) is 13.3. The van der Waals surface area contributed by atoms with Crippen molar-refractivity contribution in [3.63, 3.8) is 0 Å². The lowest BCUT2D eigenvalue weighted by molar-refractivity contribution is 0.112. The lowest BCUT2D eigenvalue weighted by atomic mass is 9.86. The highest BCUT2D eigenvalue weighted by molar-refractivity contribution is 5.83. The first-order chi connectivity index (χ1) is 8.43. The van der Waals surface area contributed by atoms with Crippen molar-refractivity contribution in [1.82, 2.24) is 9.55 Å². The van der Waals surface area contributed by atoms with Gasteiger partial charge in [0.05, 0.1) is 12.0 Å². The van der Waals surface area contributed by atoms with Crippen LogP contribution in [0.5, 0.6) is 0 Å². The SMILES string of the molecule is Cn1cnc(C=O)c1-c1ccc(C(C)(C)C)cc1. The fourth-order valence-electron chi connectivity index (χ4n) is 2.01. The van der Waals surface area contributed by atoms with Gasteiger partial charge in [-0.2, -0.15) is 0 Å². The summed E-state index contributed by atoms with van der Waals surface area (Å²) < 4.78 is 1.87. The summed E-state index contributed by atoms with van der Waals surface area (Å²) in [6.07, 6.45) is 2.46. The molecule has 0 N–H and O–H groups in total. The first-order valence-corrected chi connectivity index (χ1v) is 6.01. The number of hydrogen-bond acceptors (Lipinski definition) is 2. The van der Waals surface area contributed by atoms with Gasteiger partial charge in [0, 0.05) is 12.6 Å². The molecule has 0 saturated heterocycles. The van der Waals surface area contributed by atoms with E-state index in [0.717, 1.165) is 17.5 Å². The largest absolute Gasteiger partial charge is 0.333 e. The Kier molecular flexibility index (Phi) is 3.07. The van der Waals surface area contributed by atoms with Crippen LogP contribution < -0.4 is 0 Å². The Morgan fingerprint density at radius 1 is 1.17 bits per heavy atom. The van der Waals surface area contributed by atoms with Crippen molar-refractivity contribution in [2.75, 3.05) is 0 Å². The maximum absolute atomic E-state index is 11.0. The molecule has 0 aliphatic rings. The molecule has 2 rings (SSSR count). The number of imidazole rings is 1. The standard InChI is InChI=1S/C15H18N2O/c1-15(2,3)12-7-5-11(6-8-12)14-13(9-18)16-10-17(14)4/h5-10H,1-4H3. The van der Waals surface area contributed by atoms with Crippen LogP contribution in [0.15, 0.2) is 30.6 Å². The van der Waals surface area contributed by atoms with Crippen LogP contribution in [0, 0.1) is 0 Å². The molecule has 3 heteroatoms. The summed E-state index contributed by atoms with van der Waals surface area (Å²) in [4.78, 5) is 15.0. The fourth-order valence-corrected chi connectivity index (χ4v) is 2.01. The van der Waals surface area contributed by atoms with Gasteiger partial charge in [-0.15, -0.1) is 0 Å². The van der Waals surface area contributed by atoms with E-state index in [-0.39, 0.29) is 5.41 Å². The third-order valence-corrected chi connectivity index (χ3v) is 3.10. The van der Waals surface area contributed by atoms with Gasteiger partial charge in [0.25, 0.3) is 0 Å². The molecule has 0 aliphatic carbocycles. The second kappa shape index (κ2) is 4.41. The Hall–Kier alpha value is -1.90. The van der Waals surface area contributed by atoms with Gasteiger partial charge >= 0.3 is 0 Å². The van der Waals surface area contributed by atoms with Crippen LogP contribution in [-0.4, -0.2) is 15.8 Å². The van der Waals surface area contributed by atoms with Crippen molar-refractivity contribution >= 4 is 6.29 Å². The minimum atomic E-state index is 0.137. The van der Waals surface area contributed by atoms with Gasteiger partial charge in [-0.1, -0.05) is 45.0 Å². The molecule has 94 valence electrons. The van der Waals surface area contributed by atoms with Crippen molar-refractivity contribution in [3.05, 3.63) is 41.9 Å². The number of carbonyl (C=O) groups is 1. The molecule has 1 aromatic carbocycles. The van der Waals surface area contributed by atoms with Crippen LogP contribution in [-0.2, 0) is 12.5 Å². The summed E-state index contributed by atoms with van der Waals surface area (Å²) in [6.45, 7) is 6.55. The summed E-state index contributed by atoms with van der Waals surface area (Å²) in [6, 6.07) is 8.31. The Bertz CT molecular complexity index is 559. The zero-order valence-corrected chi connectivity index (χ0v) is 11.3. The quantitative estimate of drug-likeness (QED) is 0.758. The van der Waals surface area contributed by atoms with Crippen LogP contribution >= 0.6 is 0 Å². The zero-order valence-electron chi connectivity index (χ0n) is 11.3. The maximum atomic E-state index is 11.0. The second-order valence-corrected chi connectivity index (χ2v) is 5.53. The second-order valence-electron chi connectivity index (χ2n) is 5.53. The summed E-state index contributed by atoms with van der Waals surface area (Å²) in [7, 11) is 1.90. The van der Waals surface area contributed by atoms with E-state index in [4.69, 9.17) is 0 Å². The van der Waals surface area contributed by atoms with Gasteiger partial charge in [0.1, 0.15) is 5.69 Å². The number of aryl methyl sites for hydroxylation is 1. The Balaban J connectivity index is 2.46. The van der Waals surface area contributed by atoms with Crippen molar-refractivity contribution in [2.45, 2.75) is 26.2 Å². The van der Waals surface area contributed by atoms with Crippen molar-refractivity contribution < 1.29 is 4.79 Å². The molecule has 0 spiro atoms. The van der Waals surface area contributed by atoms with Gasteiger partial charge in [0.15, 0.2) is 6.29 Å². The van der Waals surface area contributed by atoms with Gasteiger partial charge < -0.3 is 4.57 Å². The molecule has 0 saturated carbocycles. The molecular formula is C15H18N2O. The molecule has 0 unspecified atom stereocenters. The van der Waals surface area contributed by atoms with Crippen LogP contribution in [0.3, 0.4) is 0 Å². The predicted octanol–water partition coefficient (Wildman–Crippen LogP) is 3.20. The van der Waals surface area contributed by atoms with Crippen molar-refractivity contribution in [2.24, 2.45) is 7.05 Å². The van der Waals surface area contributed by atoms with E-state index in [9.17, 15) is 4.79 Å². The molecule has 0 bridgehead atoms. The molecule has 2 aromatic rings. The maximum Gasteiger partial charge on any atom is 0.170 e. The number of aromatic nitrogens is 2. The Labute approximate surface area is 107 Å². The van der Waals surface area contributed by atoms with E-state index in [2.05, 4.69) is 37.9 Å². The number of aldehydes is 1. The minimum Gasteiger partial charge on any atom is -0.333 e. The molecule has 0 amide bonds. The van der Waals surface area contributed by atoms with Gasteiger partial charge in [-0.25, -0.2) is 4.98 Å². The highest BCUT2D eigenvalue weighted by atomic mass is 16.1. The topological polar surface area (TPSA) is 34.9 Å². The number of rotatable bonds is 2. The number of carbonyl (C=O) groups excluding carboxylic acids is 1. The van der Waals surface area contributed by atoms with E-state index in [1.54, 1.807) is 6.33 Å². The summed E-state index contributed by atoms with van der Waals surface area (Å²) >= 11 is 0. The van der Waals surface area contributed by atoms with Crippen molar-refractivity contribution in [3.8, 4) is 11.3 Å². The smallest absolute Gasteiger partial charge is 0.170 e. The van der Waals surface area contributed by atoms with Gasteiger partial charge in [-0.05, 0) is 11.0 Å². The van der Waals surface area contributed by atoms with Crippen LogP contribution in [0.1, 0.15) is 36.8 Å². The highest BCUT2D eigenvalue weighted by Crippen LogP contribution is 2.26. The molecule has 0 aliphatic heterocycles. The van der Waals surface area contributed by atoms with Crippen molar-refractivity contribution in [1.29, 1.82) is 0 Å². The number of benzene rings is 1. The summed E-state index contributed by atoms with van der Waals surface area (Å²) in [5.41, 5.74) is 3.79. The lowest BCUT2D eigenvalue weighted by Gasteiger charge is -2.19. The Morgan fingerprint density at radius 3 is 2.28 bits per heavy atom. The lowest BCUT2D eigenvalue weighted by Crippen LogP contribution is -2.10. The molecule has 0 atom stereocenters. The average molecular weight is 242 g/mol. The molecule has 3 nitrogen and oxygen atoms in total. The third kappa shape index (κ3) is 2.21. The normalized spacial score (nSPS) is 11.6. The van der Waals surface area contributed by atoms with Gasteiger partial charge in [0.2, 0.25) is 0 Å². The number of nitrogens with zero attached hydrogens (tertiary/aromatic N) is 2. The molecule has 1 aromatic heterocycles. The van der Waals surface area contributed by atoms with Crippen LogP contribution in [0.2, 0.25) is 0 Å². The first-order valence-electron chi connectivity index (χ1n) is 6.01. The van der Waals surface area contributed by atoms with E-state index in [1.807, 2.05) is 23.7 Å². The highest BCUT2D eigenvalue weighted by Gasteiger charge is 2.15. The molecule has 0 radical (unpaired) electrons. The minimum absolute atomic E-state index is 0.137. The van der Waals surface area contributed by atoms with E-state index < -0.39 is 0 Å². The van der Waals surface area contributed by atoms with E-state index in [0.29, 0.717) is 5.69 Å². The Morgan fingerprint density at radius 2 is 1.78 bits per heavy atom. The molecule has 1 heterocycles. The van der Waals surface area contributed by atoms with Crippen LogP contribution in [0.25, 0.3) is 11.3 Å². The van der Waals surface area contributed by atoms with E-state index in [1.165, 1.54) is 5.56 Å². The monoisotopic (exact) mass is 242 g/mol. The first kappa shape index (κ1) is 12.6. The third-order valence-electron chi connectivity index (χ3n) is 3.10. The predicted molar refractivity (Wildman–Crippen MR) is 72.7 cm³/mol. The summed E-state index contributed by atoms with van der Waals surface area (Å²) in [5, 5.41) is 0. The molecular weight excluding hydrogens is 224 g/mol. The van der Waals surface area contributed by atoms with E-state index >= 15 is 0 Å². The summed E-state index contributed by atoms with van der Waals surface area (Å²) in [5.74, 6) is 0. The van der Waals surface area contributed by atoms with Gasteiger partial charge in [-0.3, -0.25) is 4.79 Å². The fraction of sp³-hybridized carbons (Fsp3) is 0.333. The average Bonchev–Trinajstić information content (AvgIpc) is 2.69. The molecule has 0 fully saturated rings. The molecule has 18 heavy (non-hydrogen) atoms. The number of hydrogen-bond donors (Lipinski definition) is 0. The van der Waals surface area contributed by atoms with Crippen LogP contribution in [0.4, 0.5) is 0 Å².